The number of halogens is 5. The van der Waals surface area contributed by atoms with Crippen molar-refractivity contribution < 1.29 is 8.83 Å². The molecule has 0 saturated heterocycles. The molecule has 0 bridgehead atoms. The first-order valence-corrected chi connectivity index (χ1v) is 22.8. The van der Waals surface area contributed by atoms with Crippen LogP contribution < -0.4 is 0 Å². The smallest absolute Gasteiger partial charge is 0.213 e. The molecule has 6 aromatic carbocycles. The molecular formula is C42H31Br2I3N2O2. The summed E-state index contributed by atoms with van der Waals surface area (Å²) >= 11 is 13.9. The van der Waals surface area contributed by atoms with Gasteiger partial charge in [0.05, 0.1) is 21.8 Å². The Bertz CT molecular complexity index is 2680. The minimum atomic E-state index is 0.841. The molecule has 0 saturated carbocycles. The van der Waals surface area contributed by atoms with E-state index in [0.717, 1.165) is 69.8 Å². The Hall–Kier alpha value is -2.85. The standard InChI is InChI=1S/C20H12BrNO.C14H8BrNO.C6H5I.2CH3I/c21-15-10-6-11-16-19(15)18-14-9-4-5-12-17(14)23-20(18)22(16)13-7-2-1-3-8-13;15-9-5-3-6-10-13(9)12-8-4-1-2-7-11(8)17-14(12)16-10;7-6-4-2-1-3-5-6;2*1-2/h1-12H;1-7,16H;1-5H;2*1H3. The summed E-state index contributed by atoms with van der Waals surface area (Å²) < 4.78 is 17.7. The highest BCUT2D eigenvalue weighted by atomic mass is 127. The molecule has 4 aromatic heterocycles. The Balaban J connectivity index is 0.000000140. The number of benzene rings is 6. The van der Waals surface area contributed by atoms with Crippen LogP contribution in [0, 0.1) is 3.57 Å². The summed E-state index contributed by atoms with van der Waals surface area (Å²) in [5.74, 6) is 0. The molecule has 10 rings (SSSR count). The Morgan fingerprint density at radius 1 is 0.510 bits per heavy atom. The lowest BCUT2D eigenvalue weighted by atomic mass is 10.1. The number of H-pyrrole nitrogens is 1. The van der Waals surface area contributed by atoms with Crippen LogP contribution in [0.25, 0.3) is 71.6 Å². The van der Waals surface area contributed by atoms with Gasteiger partial charge in [0.15, 0.2) is 0 Å². The molecule has 0 fully saturated rings. The largest absolute Gasteiger partial charge is 0.440 e. The fraction of sp³-hybridized carbons (Fsp3) is 0.0476. The molecule has 256 valence electrons. The van der Waals surface area contributed by atoms with E-state index in [0.29, 0.717) is 0 Å². The molecule has 0 spiro atoms. The summed E-state index contributed by atoms with van der Waals surface area (Å²) in [6.07, 6.45) is 0. The maximum Gasteiger partial charge on any atom is 0.213 e. The van der Waals surface area contributed by atoms with E-state index in [4.69, 9.17) is 8.83 Å². The highest BCUT2D eigenvalue weighted by molar-refractivity contribution is 14.1. The second-order valence-electron chi connectivity index (χ2n) is 11.0. The van der Waals surface area contributed by atoms with Crippen molar-refractivity contribution in [2.75, 3.05) is 9.86 Å². The van der Waals surface area contributed by atoms with Crippen molar-refractivity contribution in [2.45, 2.75) is 0 Å². The van der Waals surface area contributed by atoms with Crippen LogP contribution in [0.4, 0.5) is 0 Å². The number of hydrogen-bond acceptors (Lipinski definition) is 2. The first kappa shape index (κ1) is 37.9. The number of nitrogens with zero attached hydrogens (tertiary/aromatic N) is 1. The summed E-state index contributed by atoms with van der Waals surface area (Å²) in [4.78, 5) is 7.25. The second kappa shape index (κ2) is 17.8. The number of para-hydroxylation sites is 3. The van der Waals surface area contributed by atoms with Crippen LogP contribution in [0.1, 0.15) is 0 Å². The number of fused-ring (bicyclic) bond motifs is 10. The highest BCUT2D eigenvalue weighted by Gasteiger charge is 2.20. The van der Waals surface area contributed by atoms with Gasteiger partial charge in [0.1, 0.15) is 11.2 Å². The number of alkyl halides is 2. The maximum absolute atomic E-state index is 6.22. The minimum absolute atomic E-state index is 0.841. The van der Waals surface area contributed by atoms with E-state index < -0.39 is 0 Å². The van der Waals surface area contributed by atoms with E-state index in [2.05, 4.69) is 182 Å². The van der Waals surface area contributed by atoms with E-state index in [1.807, 2.05) is 82.7 Å². The Kier molecular flexibility index (Phi) is 13.2. The van der Waals surface area contributed by atoms with Crippen LogP contribution in [0.5, 0.6) is 0 Å². The SMILES string of the molecule is Brc1cccc2[nH]c3oc4ccccc4c3c12.Brc1cccc2c1c1c3ccccc3oc1n2-c1ccccc1.CI.CI.Ic1ccccc1. The van der Waals surface area contributed by atoms with Crippen LogP contribution in [-0.2, 0) is 0 Å². The topological polar surface area (TPSA) is 47.0 Å². The highest BCUT2D eigenvalue weighted by Crippen LogP contribution is 2.42. The van der Waals surface area contributed by atoms with Gasteiger partial charge in [0.25, 0.3) is 0 Å². The van der Waals surface area contributed by atoms with Crippen molar-refractivity contribution in [1.29, 1.82) is 0 Å². The predicted molar refractivity (Wildman–Crippen MR) is 251 cm³/mol. The van der Waals surface area contributed by atoms with E-state index in [-0.39, 0.29) is 0 Å². The zero-order valence-electron chi connectivity index (χ0n) is 27.5. The maximum atomic E-state index is 6.22. The zero-order valence-corrected chi connectivity index (χ0v) is 37.2. The van der Waals surface area contributed by atoms with Crippen LogP contribution in [0.15, 0.2) is 163 Å². The average Bonchev–Trinajstić information content (AvgIpc) is 3.92. The molecule has 0 aliphatic carbocycles. The number of aromatic nitrogens is 2. The summed E-state index contributed by atoms with van der Waals surface area (Å²) in [5.41, 5.74) is 6.91. The van der Waals surface area contributed by atoms with Crippen LogP contribution in [-0.4, -0.2) is 19.4 Å². The van der Waals surface area contributed by atoms with Gasteiger partial charge in [-0.15, -0.1) is 0 Å². The molecule has 4 nitrogen and oxygen atoms in total. The van der Waals surface area contributed by atoms with Gasteiger partial charge >= 0.3 is 0 Å². The van der Waals surface area contributed by atoms with Crippen molar-refractivity contribution >= 4 is 166 Å². The molecule has 0 atom stereocenters. The molecule has 1 N–H and O–H groups in total. The van der Waals surface area contributed by atoms with Crippen molar-refractivity contribution in [3.8, 4) is 5.69 Å². The fourth-order valence-electron chi connectivity index (χ4n) is 6.12. The van der Waals surface area contributed by atoms with Crippen molar-refractivity contribution in [1.82, 2.24) is 9.55 Å². The molecule has 0 radical (unpaired) electrons. The first-order chi connectivity index (χ1) is 25.1. The summed E-state index contributed by atoms with van der Waals surface area (Å²) in [5, 5.41) is 6.99. The Labute approximate surface area is 353 Å². The number of hydrogen-bond donors (Lipinski definition) is 1. The third-order valence-corrected chi connectivity index (χ3v) is 10.2. The number of rotatable bonds is 1. The molecule has 0 unspecified atom stereocenters. The number of furan rings is 2. The number of nitrogens with one attached hydrogen (secondary N) is 1. The van der Waals surface area contributed by atoms with Gasteiger partial charge in [0, 0.05) is 39.7 Å². The Morgan fingerprint density at radius 3 is 1.67 bits per heavy atom. The molecule has 9 heteroatoms. The van der Waals surface area contributed by atoms with Gasteiger partial charge in [-0.05, 0) is 93.1 Å². The fourth-order valence-corrected chi connectivity index (χ4v) is 7.66. The van der Waals surface area contributed by atoms with Gasteiger partial charge in [-0.1, -0.05) is 162 Å². The summed E-state index contributed by atoms with van der Waals surface area (Å²) in [6, 6.07) is 49.3. The lowest BCUT2D eigenvalue weighted by Crippen LogP contribution is -1.92. The van der Waals surface area contributed by atoms with Gasteiger partial charge in [-0.25, -0.2) is 0 Å². The van der Waals surface area contributed by atoms with Gasteiger partial charge in [-0.3, -0.25) is 4.57 Å². The van der Waals surface area contributed by atoms with Gasteiger partial charge in [-0.2, -0.15) is 0 Å². The molecule has 0 aliphatic rings. The molecule has 0 aliphatic heterocycles. The minimum Gasteiger partial charge on any atom is -0.440 e. The zero-order chi connectivity index (χ0) is 35.9. The second-order valence-corrected chi connectivity index (χ2v) is 13.9. The normalized spacial score (nSPS) is 10.6. The molecule has 0 amide bonds. The number of aromatic amines is 1. The van der Waals surface area contributed by atoms with E-state index in [9.17, 15) is 0 Å². The van der Waals surface area contributed by atoms with E-state index in [1.54, 1.807) is 0 Å². The lowest BCUT2D eigenvalue weighted by Gasteiger charge is -2.05. The van der Waals surface area contributed by atoms with Crippen LogP contribution in [0.3, 0.4) is 0 Å². The van der Waals surface area contributed by atoms with Gasteiger partial charge in [0.2, 0.25) is 11.4 Å². The van der Waals surface area contributed by atoms with Crippen LogP contribution >= 0.6 is 99.6 Å². The monoisotopic (exact) mass is 1130 g/mol. The molecule has 51 heavy (non-hydrogen) atoms. The lowest BCUT2D eigenvalue weighted by molar-refractivity contribution is 0.645. The third-order valence-electron chi connectivity index (χ3n) is 8.12. The van der Waals surface area contributed by atoms with Crippen LogP contribution in [0.2, 0.25) is 0 Å². The average molecular weight is 1140 g/mol. The van der Waals surface area contributed by atoms with Gasteiger partial charge < -0.3 is 13.8 Å². The van der Waals surface area contributed by atoms with E-state index in [1.165, 1.54) is 14.3 Å². The summed E-state index contributed by atoms with van der Waals surface area (Å²) in [6.45, 7) is 0. The van der Waals surface area contributed by atoms with Crippen molar-refractivity contribution in [2.24, 2.45) is 0 Å². The quantitative estimate of drug-likeness (QED) is 0.132. The van der Waals surface area contributed by atoms with Crippen molar-refractivity contribution in [3.63, 3.8) is 0 Å². The first-order valence-electron chi connectivity index (χ1n) is 15.8. The molecule has 10 aromatic rings. The van der Waals surface area contributed by atoms with E-state index >= 15 is 0 Å². The third kappa shape index (κ3) is 7.78. The predicted octanol–water partition coefficient (Wildman–Crippen LogP) is 15.5. The molecular weight excluding hydrogens is 1100 g/mol. The Morgan fingerprint density at radius 2 is 1.04 bits per heavy atom. The molecule has 4 heterocycles. The van der Waals surface area contributed by atoms with Crippen molar-refractivity contribution in [3.05, 3.63) is 158 Å². The summed E-state index contributed by atoms with van der Waals surface area (Å²) in [7, 11) is 0.